The molecule has 1 aliphatic heterocycles. The molecule has 5 nitrogen and oxygen atoms in total. The van der Waals surface area contributed by atoms with Crippen molar-refractivity contribution in [2.24, 2.45) is 0 Å². The second kappa shape index (κ2) is 6.15. The highest BCUT2D eigenvalue weighted by atomic mass is 32.2. The molecule has 0 spiro atoms. The van der Waals surface area contributed by atoms with E-state index in [-0.39, 0.29) is 10.8 Å². The van der Waals surface area contributed by atoms with E-state index in [9.17, 15) is 13.2 Å². The third-order valence-corrected chi connectivity index (χ3v) is 6.08. The zero-order chi connectivity index (χ0) is 14.8. The Balaban J connectivity index is 2.31. The molecule has 1 saturated heterocycles. The van der Waals surface area contributed by atoms with Gasteiger partial charge >= 0.3 is 0 Å². The molecular formula is C13H18N2O3S2. The van der Waals surface area contributed by atoms with Crippen molar-refractivity contribution in [3.05, 3.63) is 24.3 Å². The van der Waals surface area contributed by atoms with Crippen molar-refractivity contribution < 1.29 is 13.2 Å². The molecule has 0 aromatic heterocycles. The van der Waals surface area contributed by atoms with Gasteiger partial charge in [0, 0.05) is 18.5 Å². The number of carbonyl (C=O) groups excluding carboxylic acids is 1. The van der Waals surface area contributed by atoms with Gasteiger partial charge in [0.2, 0.25) is 15.9 Å². The molecule has 1 amide bonds. The molecular weight excluding hydrogens is 296 g/mol. The molecule has 110 valence electrons. The summed E-state index contributed by atoms with van der Waals surface area (Å²) in [4.78, 5) is 13.0. The third-order valence-electron chi connectivity index (χ3n) is 3.42. The number of sulfonamides is 1. The Morgan fingerprint density at radius 3 is 2.55 bits per heavy atom. The molecule has 1 aliphatic rings. The molecule has 2 rings (SSSR count). The lowest BCUT2D eigenvalue weighted by atomic mass is 10.2. The number of thioether (sulfide) groups is 1. The minimum Gasteiger partial charge on any atom is -0.358 e. The Kier molecular flexibility index (Phi) is 4.72. The van der Waals surface area contributed by atoms with Crippen molar-refractivity contribution in [3.8, 4) is 0 Å². The Bertz CT molecular complexity index is 584. The van der Waals surface area contributed by atoms with Crippen LogP contribution in [0.1, 0.15) is 12.8 Å². The highest BCUT2D eigenvalue weighted by Crippen LogP contribution is 2.27. The first-order chi connectivity index (χ1) is 9.50. The monoisotopic (exact) mass is 314 g/mol. The molecule has 20 heavy (non-hydrogen) atoms. The van der Waals surface area contributed by atoms with Crippen LogP contribution in [0.5, 0.6) is 0 Å². The largest absolute Gasteiger partial charge is 0.358 e. The van der Waals surface area contributed by atoms with Crippen LogP contribution < -0.4 is 5.32 Å². The highest BCUT2D eigenvalue weighted by molar-refractivity contribution is 7.98. The predicted molar refractivity (Wildman–Crippen MR) is 79.2 cm³/mol. The minimum absolute atomic E-state index is 0.242. The molecule has 1 heterocycles. The first kappa shape index (κ1) is 15.3. The summed E-state index contributed by atoms with van der Waals surface area (Å²) in [7, 11) is -2.08. The van der Waals surface area contributed by atoms with Crippen molar-refractivity contribution in [1.29, 1.82) is 0 Å². The molecule has 0 unspecified atom stereocenters. The van der Waals surface area contributed by atoms with Crippen LogP contribution in [0.3, 0.4) is 0 Å². The Morgan fingerprint density at radius 2 is 2.00 bits per heavy atom. The maximum atomic E-state index is 12.6. The summed E-state index contributed by atoms with van der Waals surface area (Å²) in [5.41, 5.74) is 0. The summed E-state index contributed by atoms with van der Waals surface area (Å²) in [6.07, 6.45) is 3.22. The predicted octanol–water partition coefficient (Wildman–Crippen LogP) is 1.31. The SMILES string of the molecule is CNC(=O)[C@@H]1CCCN1S(=O)(=O)c1ccc(SC)cc1. The number of nitrogens with one attached hydrogen (secondary N) is 1. The van der Waals surface area contributed by atoms with Crippen LogP contribution in [0.25, 0.3) is 0 Å². The second-order valence-electron chi connectivity index (χ2n) is 4.56. The molecule has 0 bridgehead atoms. The molecule has 1 atom stereocenters. The van der Waals surface area contributed by atoms with E-state index in [2.05, 4.69) is 5.32 Å². The summed E-state index contributed by atoms with van der Waals surface area (Å²) in [6.45, 7) is 0.394. The third kappa shape index (κ3) is 2.84. The van der Waals surface area contributed by atoms with Gasteiger partial charge in [0.1, 0.15) is 6.04 Å². The van der Waals surface area contributed by atoms with E-state index < -0.39 is 16.1 Å². The lowest BCUT2D eigenvalue weighted by molar-refractivity contribution is -0.123. The van der Waals surface area contributed by atoms with Crippen molar-refractivity contribution in [2.45, 2.75) is 28.7 Å². The van der Waals surface area contributed by atoms with Gasteiger partial charge in [-0.05, 0) is 43.4 Å². The topological polar surface area (TPSA) is 66.5 Å². The standard InChI is InChI=1S/C13H18N2O3S2/c1-14-13(16)12-4-3-9-15(12)20(17,18)11-7-5-10(19-2)6-8-11/h5-8,12H,3-4,9H2,1-2H3,(H,14,16)/t12-/m0/s1. The molecule has 1 fully saturated rings. The fourth-order valence-electron chi connectivity index (χ4n) is 2.34. The molecule has 0 saturated carbocycles. The average molecular weight is 314 g/mol. The fourth-order valence-corrected chi connectivity index (χ4v) is 4.40. The maximum Gasteiger partial charge on any atom is 0.243 e. The van der Waals surface area contributed by atoms with Crippen molar-refractivity contribution in [1.82, 2.24) is 9.62 Å². The summed E-state index contributed by atoms with van der Waals surface area (Å²) in [5.74, 6) is -0.244. The van der Waals surface area contributed by atoms with E-state index in [0.29, 0.717) is 19.4 Å². The lowest BCUT2D eigenvalue weighted by Gasteiger charge is -2.22. The van der Waals surface area contributed by atoms with E-state index in [1.54, 1.807) is 36.0 Å². The van der Waals surface area contributed by atoms with Crippen LogP contribution in [0.2, 0.25) is 0 Å². The van der Waals surface area contributed by atoms with E-state index >= 15 is 0 Å². The normalized spacial score (nSPS) is 20.0. The number of hydrogen-bond acceptors (Lipinski definition) is 4. The summed E-state index contributed by atoms with van der Waals surface area (Å²) < 4.78 is 26.5. The number of nitrogens with zero attached hydrogens (tertiary/aromatic N) is 1. The molecule has 0 radical (unpaired) electrons. The Hall–Kier alpha value is -1.05. The van der Waals surface area contributed by atoms with Gasteiger partial charge in [-0.3, -0.25) is 4.79 Å². The molecule has 7 heteroatoms. The molecule has 1 aromatic carbocycles. The smallest absolute Gasteiger partial charge is 0.243 e. The number of likely N-dealkylation sites (N-methyl/N-ethyl adjacent to an activating group) is 1. The quantitative estimate of drug-likeness (QED) is 0.851. The van der Waals surface area contributed by atoms with E-state index in [4.69, 9.17) is 0 Å². The van der Waals surface area contributed by atoms with Gasteiger partial charge in [-0.2, -0.15) is 4.31 Å². The van der Waals surface area contributed by atoms with Crippen LogP contribution in [-0.2, 0) is 14.8 Å². The minimum atomic E-state index is -3.60. The number of hydrogen-bond donors (Lipinski definition) is 1. The van der Waals surface area contributed by atoms with Crippen molar-refractivity contribution in [3.63, 3.8) is 0 Å². The second-order valence-corrected chi connectivity index (χ2v) is 7.33. The van der Waals surface area contributed by atoms with Crippen molar-refractivity contribution >= 4 is 27.7 Å². The van der Waals surface area contributed by atoms with E-state index in [1.807, 2.05) is 6.26 Å². The summed E-state index contributed by atoms with van der Waals surface area (Å²) >= 11 is 1.56. The summed E-state index contributed by atoms with van der Waals surface area (Å²) in [5, 5.41) is 2.53. The molecule has 0 aliphatic carbocycles. The van der Waals surface area contributed by atoms with Crippen molar-refractivity contribution in [2.75, 3.05) is 19.8 Å². The molecule has 1 aromatic rings. The van der Waals surface area contributed by atoms with E-state index in [0.717, 1.165) is 4.90 Å². The average Bonchev–Trinajstić information content (AvgIpc) is 2.96. The van der Waals surface area contributed by atoms with Crippen LogP contribution in [-0.4, -0.2) is 44.5 Å². The number of amides is 1. The van der Waals surface area contributed by atoms with Crippen LogP contribution in [0.15, 0.2) is 34.1 Å². The maximum absolute atomic E-state index is 12.6. The van der Waals surface area contributed by atoms with E-state index in [1.165, 1.54) is 11.4 Å². The van der Waals surface area contributed by atoms with Crippen LogP contribution in [0, 0.1) is 0 Å². The van der Waals surface area contributed by atoms with Crippen LogP contribution in [0.4, 0.5) is 0 Å². The highest BCUT2D eigenvalue weighted by Gasteiger charge is 2.38. The fraction of sp³-hybridized carbons (Fsp3) is 0.462. The lowest BCUT2D eigenvalue weighted by Crippen LogP contribution is -2.44. The van der Waals surface area contributed by atoms with Gasteiger partial charge in [-0.1, -0.05) is 0 Å². The van der Waals surface area contributed by atoms with Gasteiger partial charge in [-0.25, -0.2) is 8.42 Å². The number of benzene rings is 1. The number of carbonyl (C=O) groups is 1. The Morgan fingerprint density at radius 1 is 1.35 bits per heavy atom. The Labute approximate surface area is 123 Å². The molecule has 1 N–H and O–H groups in total. The first-order valence-electron chi connectivity index (χ1n) is 6.38. The van der Waals surface area contributed by atoms with Gasteiger partial charge in [0.05, 0.1) is 4.90 Å². The zero-order valence-electron chi connectivity index (χ0n) is 11.5. The van der Waals surface area contributed by atoms with Crippen LogP contribution >= 0.6 is 11.8 Å². The van der Waals surface area contributed by atoms with Gasteiger partial charge < -0.3 is 5.32 Å². The van der Waals surface area contributed by atoms with Gasteiger partial charge in [-0.15, -0.1) is 11.8 Å². The van der Waals surface area contributed by atoms with Gasteiger partial charge in [0.25, 0.3) is 0 Å². The number of rotatable bonds is 4. The first-order valence-corrected chi connectivity index (χ1v) is 9.04. The summed E-state index contributed by atoms with van der Waals surface area (Å²) in [6, 6.07) is 6.16. The van der Waals surface area contributed by atoms with Gasteiger partial charge in [0.15, 0.2) is 0 Å². The zero-order valence-corrected chi connectivity index (χ0v) is 13.1.